The van der Waals surface area contributed by atoms with Gasteiger partial charge < -0.3 is 4.43 Å². The lowest BCUT2D eigenvalue weighted by molar-refractivity contribution is 0.192. The molecule has 0 aliphatic heterocycles. The predicted molar refractivity (Wildman–Crippen MR) is 58.0 cm³/mol. The Bertz CT molecular complexity index is 142. The maximum atomic E-state index is 5.94. The van der Waals surface area contributed by atoms with E-state index in [2.05, 4.69) is 27.0 Å². The van der Waals surface area contributed by atoms with Crippen molar-refractivity contribution in [2.45, 2.75) is 38.5 Å². The molecule has 0 atom stereocenters. The monoisotopic (exact) mass is 184 g/mol. The number of hydrogen-bond donors (Lipinski definition) is 0. The Kier molecular flexibility index (Phi) is 5.18. The van der Waals surface area contributed by atoms with Gasteiger partial charge >= 0.3 is 0 Å². The van der Waals surface area contributed by atoms with E-state index in [1.165, 1.54) is 12.1 Å². The molecule has 0 aromatic carbocycles. The molecule has 0 rings (SSSR count). The molecule has 0 saturated heterocycles. The van der Waals surface area contributed by atoms with Gasteiger partial charge in [0.1, 0.15) is 0 Å². The van der Waals surface area contributed by atoms with Crippen LogP contribution >= 0.6 is 0 Å². The van der Waals surface area contributed by atoms with Gasteiger partial charge in [0.05, 0.1) is 5.60 Å². The van der Waals surface area contributed by atoms with Crippen LogP contribution in [0.1, 0.15) is 20.8 Å². The van der Waals surface area contributed by atoms with Gasteiger partial charge in [0.25, 0.3) is 0 Å². The largest absolute Gasteiger partial charge is 0.408 e. The SMILES string of the molecule is C=CC(C)(C=C)O[SiH](CC)CC. The fourth-order valence-corrected chi connectivity index (χ4v) is 2.82. The van der Waals surface area contributed by atoms with E-state index in [-0.39, 0.29) is 5.60 Å². The second kappa shape index (κ2) is 5.33. The van der Waals surface area contributed by atoms with Crippen molar-refractivity contribution in [1.29, 1.82) is 0 Å². The topological polar surface area (TPSA) is 9.23 Å². The molecule has 0 aromatic rings. The Morgan fingerprint density at radius 2 is 1.67 bits per heavy atom. The summed E-state index contributed by atoms with van der Waals surface area (Å²) in [5, 5.41) is 0. The van der Waals surface area contributed by atoms with Gasteiger partial charge in [-0.25, -0.2) is 0 Å². The summed E-state index contributed by atoms with van der Waals surface area (Å²) in [5.41, 5.74) is -0.303. The fourth-order valence-electron chi connectivity index (χ4n) is 0.994. The Morgan fingerprint density at radius 1 is 1.25 bits per heavy atom. The lowest BCUT2D eigenvalue weighted by atomic mass is 10.1. The molecule has 0 N–H and O–H groups in total. The Morgan fingerprint density at radius 3 is 1.92 bits per heavy atom. The van der Waals surface area contributed by atoms with Gasteiger partial charge in [0.15, 0.2) is 9.04 Å². The van der Waals surface area contributed by atoms with E-state index in [1.54, 1.807) is 0 Å². The quantitative estimate of drug-likeness (QED) is 0.455. The van der Waals surface area contributed by atoms with Crippen LogP contribution in [0.4, 0.5) is 0 Å². The number of hydrogen-bond acceptors (Lipinski definition) is 1. The molecule has 0 fully saturated rings. The first-order valence-corrected chi connectivity index (χ1v) is 6.67. The van der Waals surface area contributed by atoms with Crippen LogP contribution in [0.5, 0.6) is 0 Å². The van der Waals surface area contributed by atoms with E-state index in [0.717, 1.165) is 0 Å². The first kappa shape index (κ1) is 11.7. The molecule has 70 valence electrons. The van der Waals surface area contributed by atoms with E-state index in [0.29, 0.717) is 0 Å². The molecule has 0 radical (unpaired) electrons. The minimum absolute atomic E-state index is 0.303. The molecule has 0 bridgehead atoms. The van der Waals surface area contributed by atoms with Crippen molar-refractivity contribution in [3.05, 3.63) is 25.3 Å². The highest BCUT2D eigenvalue weighted by molar-refractivity contribution is 6.51. The Hall–Kier alpha value is -0.343. The van der Waals surface area contributed by atoms with Crippen molar-refractivity contribution in [2.24, 2.45) is 0 Å². The van der Waals surface area contributed by atoms with Crippen molar-refractivity contribution >= 4 is 9.04 Å². The van der Waals surface area contributed by atoms with Gasteiger partial charge in [-0.2, -0.15) is 0 Å². The zero-order valence-electron chi connectivity index (χ0n) is 8.47. The van der Waals surface area contributed by atoms with E-state index in [1.807, 2.05) is 19.1 Å². The molecule has 0 spiro atoms. The van der Waals surface area contributed by atoms with Crippen molar-refractivity contribution in [3.63, 3.8) is 0 Å². The van der Waals surface area contributed by atoms with Crippen LogP contribution in [0.15, 0.2) is 25.3 Å². The van der Waals surface area contributed by atoms with Crippen molar-refractivity contribution in [3.8, 4) is 0 Å². The summed E-state index contributed by atoms with van der Waals surface area (Å²) >= 11 is 0. The average Bonchev–Trinajstić information content (AvgIpc) is 2.14. The molecular weight excluding hydrogens is 164 g/mol. The van der Waals surface area contributed by atoms with E-state index >= 15 is 0 Å². The highest BCUT2D eigenvalue weighted by Gasteiger charge is 2.20. The van der Waals surface area contributed by atoms with Crippen LogP contribution in [0.3, 0.4) is 0 Å². The maximum Gasteiger partial charge on any atom is 0.178 e. The molecule has 2 heteroatoms. The Balaban J connectivity index is 4.17. The van der Waals surface area contributed by atoms with Crippen LogP contribution in [0, 0.1) is 0 Å². The molecule has 0 amide bonds. The van der Waals surface area contributed by atoms with Crippen LogP contribution < -0.4 is 0 Å². The Labute approximate surface area is 77.9 Å². The van der Waals surface area contributed by atoms with Crippen molar-refractivity contribution < 1.29 is 4.43 Å². The van der Waals surface area contributed by atoms with Crippen molar-refractivity contribution in [1.82, 2.24) is 0 Å². The molecule has 0 heterocycles. The van der Waals surface area contributed by atoms with E-state index in [4.69, 9.17) is 4.43 Å². The summed E-state index contributed by atoms with van der Waals surface area (Å²) in [6, 6.07) is 2.35. The van der Waals surface area contributed by atoms with Gasteiger partial charge in [-0.05, 0) is 19.0 Å². The van der Waals surface area contributed by atoms with E-state index < -0.39 is 9.04 Å². The fraction of sp³-hybridized carbons (Fsp3) is 0.600. The van der Waals surface area contributed by atoms with Crippen LogP contribution in [-0.4, -0.2) is 14.6 Å². The molecule has 0 saturated carbocycles. The second-order valence-corrected chi connectivity index (χ2v) is 6.26. The molecule has 12 heavy (non-hydrogen) atoms. The van der Waals surface area contributed by atoms with Gasteiger partial charge in [-0.1, -0.05) is 39.2 Å². The smallest absolute Gasteiger partial charge is 0.178 e. The first-order valence-electron chi connectivity index (χ1n) is 4.56. The third kappa shape index (κ3) is 3.37. The normalized spacial score (nSPS) is 11.7. The third-order valence-electron chi connectivity index (χ3n) is 2.14. The van der Waals surface area contributed by atoms with Crippen molar-refractivity contribution in [2.75, 3.05) is 0 Å². The summed E-state index contributed by atoms with van der Waals surface area (Å²) in [4.78, 5) is 0. The van der Waals surface area contributed by atoms with Crippen LogP contribution in [-0.2, 0) is 4.43 Å². The molecule has 0 aromatic heterocycles. The zero-order valence-corrected chi connectivity index (χ0v) is 9.62. The number of rotatable bonds is 6. The average molecular weight is 184 g/mol. The summed E-state index contributed by atoms with van der Waals surface area (Å²) in [7, 11) is -0.995. The maximum absolute atomic E-state index is 5.94. The minimum atomic E-state index is -0.995. The van der Waals surface area contributed by atoms with Gasteiger partial charge in [-0.3, -0.25) is 0 Å². The highest BCUT2D eigenvalue weighted by atomic mass is 28.3. The summed E-state index contributed by atoms with van der Waals surface area (Å²) in [6.07, 6.45) is 3.65. The lowest BCUT2D eigenvalue weighted by Crippen LogP contribution is -2.31. The summed E-state index contributed by atoms with van der Waals surface area (Å²) in [6.45, 7) is 13.9. The highest BCUT2D eigenvalue weighted by Crippen LogP contribution is 2.17. The third-order valence-corrected chi connectivity index (χ3v) is 4.80. The standard InChI is InChI=1S/C10H20OSi/c1-6-10(5,7-2)11-12(8-3)9-4/h6-7,12H,1-2,8-9H2,3-5H3. The minimum Gasteiger partial charge on any atom is -0.408 e. The zero-order chi connectivity index (χ0) is 9.61. The van der Waals surface area contributed by atoms with Crippen LogP contribution in [0.2, 0.25) is 12.1 Å². The van der Waals surface area contributed by atoms with Gasteiger partial charge in [0, 0.05) is 0 Å². The van der Waals surface area contributed by atoms with Gasteiger partial charge in [0.2, 0.25) is 0 Å². The molecule has 0 unspecified atom stereocenters. The lowest BCUT2D eigenvalue weighted by Gasteiger charge is -2.27. The summed E-state index contributed by atoms with van der Waals surface area (Å²) in [5.74, 6) is 0. The molecular formula is C10H20OSi. The van der Waals surface area contributed by atoms with Crippen LogP contribution in [0.25, 0.3) is 0 Å². The molecule has 0 aliphatic rings. The summed E-state index contributed by atoms with van der Waals surface area (Å²) < 4.78 is 5.94. The molecule has 0 aliphatic carbocycles. The van der Waals surface area contributed by atoms with Gasteiger partial charge in [-0.15, -0.1) is 0 Å². The molecule has 1 nitrogen and oxygen atoms in total. The predicted octanol–water partition coefficient (Wildman–Crippen LogP) is 2.90. The van der Waals surface area contributed by atoms with E-state index in [9.17, 15) is 0 Å². The second-order valence-electron chi connectivity index (χ2n) is 3.15. The first-order chi connectivity index (χ1) is 5.61.